The van der Waals surface area contributed by atoms with E-state index in [1.165, 1.54) is 5.56 Å². The number of allylic oxidation sites excluding steroid dienone is 2. The number of aldehydes is 1. The highest BCUT2D eigenvalue weighted by atomic mass is 16.1. The Morgan fingerprint density at radius 3 is 2.31 bits per heavy atom. The molecular weight excluding hydrogens is 160 g/mol. The van der Waals surface area contributed by atoms with Crippen LogP contribution in [0.1, 0.15) is 19.4 Å². The Balaban J connectivity index is 2.93. The van der Waals surface area contributed by atoms with E-state index in [1.807, 2.05) is 24.3 Å². The van der Waals surface area contributed by atoms with Crippen LogP contribution >= 0.6 is 0 Å². The minimum atomic E-state index is -0.0673. The van der Waals surface area contributed by atoms with E-state index in [0.29, 0.717) is 0 Å². The molecule has 13 heavy (non-hydrogen) atoms. The van der Waals surface area contributed by atoms with Crippen molar-refractivity contribution < 1.29 is 4.79 Å². The van der Waals surface area contributed by atoms with Crippen molar-refractivity contribution in [2.45, 2.75) is 19.3 Å². The molecule has 0 saturated heterocycles. The third-order valence-corrected chi connectivity index (χ3v) is 2.11. The summed E-state index contributed by atoms with van der Waals surface area (Å²) in [5.74, 6) is 0. The first-order chi connectivity index (χ1) is 6.17. The zero-order valence-corrected chi connectivity index (χ0v) is 8.03. The van der Waals surface area contributed by atoms with Gasteiger partial charge in [-0.3, -0.25) is 4.79 Å². The van der Waals surface area contributed by atoms with Crippen molar-refractivity contribution in [1.82, 2.24) is 0 Å². The van der Waals surface area contributed by atoms with E-state index in [9.17, 15) is 4.79 Å². The largest absolute Gasteiger partial charge is 0.299 e. The zero-order chi connectivity index (χ0) is 9.73. The summed E-state index contributed by atoms with van der Waals surface area (Å²) in [4.78, 5) is 10.2. The minimum absolute atomic E-state index is 0.0673. The van der Waals surface area contributed by atoms with Gasteiger partial charge in [0, 0.05) is 5.41 Å². The van der Waals surface area contributed by atoms with Crippen molar-refractivity contribution in [3.63, 3.8) is 0 Å². The van der Waals surface area contributed by atoms with E-state index in [2.05, 4.69) is 26.0 Å². The normalized spacial score (nSPS) is 11.8. The lowest BCUT2D eigenvalue weighted by atomic mass is 9.84. The van der Waals surface area contributed by atoms with Crippen molar-refractivity contribution in [1.29, 1.82) is 0 Å². The molecule has 0 aliphatic rings. The second-order valence-corrected chi connectivity index (χ2v) is 3.58. The SMILES string of the molecule is CC(C)(/C=C/C=O)c1ccccc1. The van der Waals surface area contributed by atoms with Crippen LogP contribution in [0.4, 0.5) is 0 Å². The van der Waals surface area contributed by atoms with E-state index < -0.39 is 0 Å². The molecule has 0 saturated carbocycles. The number of benzene rings is 1. The Morgan fingerprint density at radius 1 is 1.15 bits per heavy atom. The fourth-order valence-corrected chi connectivity index (χ4v) is 1.24. The van der Waals surface area contributed by atoms with E-state index in [-0.39, 0.29) is 5.41 Å². The Hall–Kier alpha value is -1.37. The quantitative estimate of drug-likeness (QED) is 0.508. The first-order valence-electron chi connectivity index (χ1n) is 4.35. The van der Waals surface area contributed by atoms with E-state index >= 15 is 0 Å². The Bertz CT molecular complexity index is 296. The van der Waals surface area contributed by atoms with E-state index in [1.54, 1.807) is 6.08 Å². The Kier molecular flexibility index (Phi) is 3.02. The monoisotopic (exact) mass is 174 g/mol. The van der Waals surface area contributed by atoms with Gasteiger partial charge in [-0.1, -0.05) is 50.3 Å². The molecule has 0 spiro atoms. The lowest BCUT2D eigenvalue weighted by Crippen LogP contribution is -2.12. The lowest BCUT2D eigenvalue weighted by molar-refractivity contribution is -0.104. The van der Waals surface area contributed by atoms with Crippen molar-refractivity contribution >= 4 is 6.29 Å². The van der Waals surface area contributed by atoms with Gasteiger partial charge >= 0.3 is 0 Å². The van der Waals surface area contributed by atoms with Crippen LogP contribution in [-0.4, -0.2) is 6.29 Å². The molecule has 0 bridgehead atoms. The molecule has 0 fully saturated rings. The van der Waals surface area contributed by atoms with Crippen LogP contribution in [0.3, 0.4) is 0 Å². The average molecular weight is 174 g/mol. The van der Waals surface area contributed by atoms with Gasteiger partial charge in [0.1, 0.15) is 6.29 Å². The molecule has 0 aliphatic heterocycles. The van der Waals surface area contributed by atoms with Crippen LogP contribution in [0.5, 0.6) is 0 Å². The lowest BCUT2D eigenvalue weighted by Gasteiger charge is -2.20. The van der Waals surface area contributed by atoms with Gasteiger partial charge in [-0.25, -0.2) is 0 Å². The summed E-state index contributed by atoms with van der Waals surface area (Å²) in [7, 11) is 0. The van der Waals surface area contributed by atoms with Gasteiger partial charge < -0.3 is 0 Å². The van der Waals surface area contributed by atoms with Gasteiger partial charge in [-0.05, 0) is 11.6 Å². The zero-order valence-electron chi connectivity index (χ0n) is 8.03. The third kappa shape index (κ3) is 2.55. The van der Waals surface area contributed by atoms with Crippen LogP contribution in [0.25, 0.3) is 0 Å². The standard InChI is InChI=1S/C12H14O/c1-12(2,9-6-10-13)11-7-4-3-5-8-11/h3-10H,1-2H3/b9-6+. The number of carbonyl (C=O) groups excluding carboxylic acids is 1. The predicted molar refractivity (Wildman–Crippen MR) is 54.7 cm³/mol. The van der Waals surface area contributed by atoms with Crippen LogP contribution < -0.4 is 0 Å². The highest BCUT2D eigenvalue weighted by Crippen LogP contribution is 2.23. The van der Waals surface area contributed by atoms with Gasteiger partial charge in [0.15, 0.2) is 0 Å². The molecule has 1 heteroatoms. The molecule has 0 radical (unpaired) electrons. The highest BCUT2D eigenvalue weighted by molar-refractivity contribution is 5.65. The molecule has 1 rings (SSSR count). The van der Waals surface area contributed by atoms with Gasteiger partial charge in [-0.15, -0.1) is 0 Å². The maximum absolute atomic E-state index is 10.2. The number of rotatable bonds is 3. The number of carbonyl (C=O) groups is 1. The van der Waals surface area contributed by atoms with Gasteiger partial charge in [-0.2, -0.15) is 0 Å². The third-order valence-electron chi connectivity index (χ3n) is 2.11. The highest BCUT2D eigenvalue weighted by Gasteiger charge is 2.15. The molecule has 1 nitrogen and oxygen atoms in total. The summed E-state index contributed by atoms with van der Waals surface area (Å²) in [6.45, 7) is 4.17. The summed E-state index contributed by atoms with van der Waals surface area (Å²) in [6, 6.07) is 10.1. The minimum Gasteiger partial charge on any atom is -0.299 e. The van der Waals surface area contributed by atoms with Crippen molar-refractivity contribution in [2.24, 2.45) is 0 Å². The first-order valence-corrected chi connectivity index (χ1v) is 4.35. The second kappa shape index (κ2) is 4.04. The Labute approximate surface area is 79.1 Å². The second-order valence-electron chi connectivity index (χ2n) is 3.58. The molecule has 0 atom stereocenters. The molecule has 0 unspecified atom stereocenters. The topological polar surface area (TPSA) is 17.1 Å². The molecular formula is C12H14O. The predicted octanol–water partition coefficient (Wildman–Crippen LogP) is 2.72. The molecule has 0 heterocycles. The van der Waals surface area contributed by atoms with Gasteiger partial charge in [0.05, 0.1) is 0 Å². The molecule has 1 aromatic carbocycles. The molecule has 0 amide bonds. The van der Waals surface area contributed by atoms with Crippen LogP contribution in [0.2, 0.25) is 0 Å². The molecule has 68 valence electrons. The van der Waals surface area contributed by atoms with Crippen LogP contribution in [-0.2, 0) is 10.2 Å². The summed E-state index contributed by atoms with van der Waals surface area (Å²) in [6.07, 6.45) is 4.27. The molecule has 0 aromatic heterocycles. The smallest absolute Gasteiger partial charge is 0.142 e. The maximum atomic E-state index is 10.2. The van der Waals surface area contributed by atoms with Crippen LogP contribution in [0.15, 0.2) is 42.5 Å². The molecule has 1 aromatic rings. The number of hydrogen-bond acceptors (Lipinski definition) is 1. The van der Waals surface area contributed by atoms with E-state index in [4.69, 9.17) is 0 Å². The Morgan fingerprint density at radius 2 is 1.77 bits per heavy atom. The summed E-state index contributed by atoms with van der Waals surface area (Å²) in [5.41, 5.74) is 1.15. The summed E-state index contributed by atoms with van der Waals surface area (Å²) >= 11 is 0. The van der Waals surface area contributed by atoms with E-state index in [0.717, 1.165) is 6.29 Å². The number of hydrogen-bond donors (Lipinski definition) is 0. The first kappa shape index (κ1) is 9.72. The maximum Gasteiger partial charge on any atom is 0.142 e. The van der Waals surface area contributed by atoms with Crippen molar-refractivity contribution in [3.8, 4) is 0 Å². The van der Waals surface area contributed by atoms with Crippen molar-refractivity contribution in [2.75, 3.05) is 0 Å². The fraction of sp³-hybridized carbons (Fsp3) is 0.250. The summed E-state index contributed by atoms with van der Waals surface area (Å²) < 4.78 is 0. The van der Waals surface area contributed by atoms with Gasteiger partial charge in [0.2, 0.25) is 0 Å². The average Bonchev–Trinajstić information content (AvgIpc) is 2.16. The summed E-state index contributed by atoms with van der Waals surface area (Å²) in [5, 5.41) is 0. The van der Waals surface area contributed by atoms with Crippen LogP contribution in [0, 0.1) is 0 Å². The fourth-order valence-electron chi connectivity index (χ4n) is 1.24. The van der Waals surface area contributed by atoms with Crippen molar-refractivity contribution in [3.05, 3.63) is 48.0 Å². The van der Waals surface area contributed by atoms with Gasteiger partial charge in [0.25, 0.3) is 0 Å². The molecule has 0 aliphatic carbocycles. The molecule has 0 N–H and O–H groups in total.